The molecule has 3 heteroatoms. The van der Waals surface area contributed by atoms with Crippen LogP contribution in [0.2, 0.25) is 0 Å². The summed E-state index contributed by atoms with van der Waals surface area (Å²) in [5, 5.41) is 9.11. The van der Waals surface area contributed by atoms with Crippen LogP contribution in [0.1, 0.15) is 30.9 Å². The Morgan fingerprint density at radius 2 is 1.79 bits per heavy atom. The van der Waals surface area contributed by atoms with Crippen molar-refractivity contribution < 1.29 is 5.11 Å². The number of halogens is 1. The molecule has 0 aromatic heterocycles. The normalized spacial score (nSPS) is 18.1. The number of benzene rings is 1. The molecule has 1 atom stereocenters. The minimum atomic E-state index is 0. The lowest BCUT2D eigenvalue weighted by Gasteiger charge is -2.31. The van der Waals surface area contributed by atoms with Gasteiger partial charge in [-0.15, -0.1) is 12.4 Å². The molecule has 0 saturated heterocycles. The van der Waals surface area contributed by atoms with Gasteiger partial charge in [0, 0.05) is 6.04 Å². The zero-order chi connectivity index (χ0) is 9.26. The van der Waals surface area contributed by atoms with E-state index in [2.05, 4.69) is 0 Å². The first-order valence-electron chi connectivity index (χ1n) is 4.82. The molecule has 0 unspecified atom stereocenters. The van der Waals surface area contributed by atoms with Gasteiger partial charge in [-0.1, -0.05) is 18.6 Å². The predicted octanol–water partition coefficient (Wildman–Crippen LogP) is 2.61. The van der Waals surface area contributed by atoms with Crippen molar-refractivity contribution in [2.75, 3.05) is 0 Å². The second kappa shape index (κ2) is 4.67. The third kappa shape index (κ3) is 2.20. The molecule has 1 aromatic carbocycles. The largest absolute Gasteiger partial charge is 0.508 e. The smallest absolute Gasteiger partial charge is 0.115 e. The number of hydrogen-bond donors (Lipinski definition) is 2. The van der Waals surface area contributed by atoms with Crippen molar-refractivity contribution in [2.45, 2.75) is 25.3 Å². The van der Waals surface area contributed by atoms with Crippen molar-refractivity contribution in [3.05, 3.63) is 29.8 Å². The van der Waals surface area contributed by atoms with Crippen molar-refractivity contribution in [3.63, 3.8) is 0 Å². The van der Waals surface area contributed by atoms with E-state index in [-0.39, 0.29) is 18.4 Å². The lowest BCUT2D eigenvalue weighted by Crippen LogP contribution is -2.26. The monoisotopic (exact) mass is 213 g/mol. The van der Waals surface area contributed by atoms with Crippen molar-refractivity contribution in [2.24, 2.45) is 11.7 Å². The second-order valence-electron chi connectivity index (χ2n) is 3.81. The Hall–Kier alpha value is -0.730. The molecule has 2 rings (SSSR count). The van der Waals surface area contributed by atoms with Gasteiger partial charge in [-0.05, 0) is 36.5 Å². The maximum absolute atomic E-state index is 9.11. The molecule has 1 aliphatic rings. The van der Waals surface area contributed by atoms with Gasteiger partial charge in [-0.3, -0.25) is 0 Å². The minimum Gasteiger partial charge on any atom is -0.508 e. The maximum Gasteiger partial charge on any atom is 0.115 e. The first-order chi connectivity index (χ1) is 6.27. The number of phenols is 1. The summed E-state index contributed by atoms with van der Waals surface area (Å²) in [4.78, 5) is 0. The van der Waals surface area contributed by atoms with Crippen molar-refractivity contribution >= 4 is 12.4 Å². The van der Waals surface area contributed by atoms with Gasteiger partial charge in [-0.25, -0.2) is 0 Å². The molecule has 0 heterocycles. The minimum absolute atomic E-state index is 0. The van der Waals surface area contributed by atoms with Crippen LogP contribution in [0.25, 0.3) is 0 Å². The van der Waals surface area contributed by atoms with E-state index in [1.165, 1.54) is 19.3 Å². The van der Waals surface area contributed by atoms with Gasteiger partial charge in [0.1, 0.15) is 5.75 Å². The zero-order valence-electron chi connectivity index (χ0n) is 8.02. The molecule has 1 aliphatic carbocycles. The standard InChI is InChI=1S/C11H15NO.ClH/c12-11(8-2-1-3-8)9-4-6-10(13)7-5-9;/h4-8,11,13H,1-3,12H2;1H/t11-;/m1./s1. The van der Waals surface area contributed by atoms with Gasteiger partial charge in [0.15, 0.2) is 0 Å². The van der Waals surface area contributed by atoms with E-state index in [1.54, 1.807) is 12.1 Å². The average molecular weight is 214 g/mol. The van der Waals surface area contributed by atoms with Gasteiger partial charge in [-0.2, -0.15) is 0 Å². The van der Waals surface area contributed by atoms with E-state index >= 15 is 0 Å². The number of phenolic OH excluding ortho intramolecular Hbond substituents is 1. The van der Waals surface area contributed by atoms with E-state index in [0.717, 1.165) is 5.56 Å². The summed E-state index contributed by atoms with van der Waals surface area (Å²) >= 11 is 0. The summed E-state index contributed by atoms with van der Waals surface area (Å²) < 4.78 is 0. The van der Waals surface area contributed by atoms with Crippen molar-refractivity contribution in [3.8, 4) is 5.75 Å². The van der Waals surface area contributed by atoms with Crippen LogP contribution in [-0.4, -0.2) is 5.11 Å². The molecule has 78 valence electrons. The molecular formula is C11H16ClNO. The number of hydrogen-bond acceptors (Lipinski definition) is 2. The Morgan fingerprint density at radius 3 is 2.21 bits per heavy atom. The second-order valence-corrected chi connectivity index (χ2v) is 3.81. The van der Waals surface area contributed by atoms with E-state index in [4.69, 9.17) is 10.8 Å². The summed E-state index contributed by atoms with van der Waals surface area (Å²) in [5.41, 5.74) is 7.21. The first-order valence-corrected chi connectivity index (χ1v) is 4.82. The zero-order valence-corrected chi connectivity index (χ0v) is 8.83. The Kier molecular flexibility index (Phi) is 3.78. The quantitative estimate of drug-likeness (QED) is 0.794. The Labute approximate surface area is 90.5 Å². The summed E-state index contributed by atoms with van der Waals surface area (Å²) in [5.74, 6) is 0.967. The topological polar surface area (TPSA) is 46.2 Å². The third-order valence-corrected chi connectivity index (χ3v) is 2.94. The van der Waals surface area contributed by atoms with E-state index in [1.807, 2.05) is 12.1 Å². The molecule has 2 nitrogen and oxygen atoms in total. The highest BCUT2D eigenvalue weighted by Crippen LogP contribution is 2.36. The lowest BCUT2D eigenvalue weighted by molar-refractivity contribution is 0.264. The van der Waals surface area contributed by atoms with Crippen molar-refractivity contribution in [1.82, 2.24) is 0 Å². The summed E-state index contributed by atoms with van der Waals surface area (Å²) in [6, 6.07) is 7.40. The van der Waals surface area contributed by atoms with Crippen LogP contribution >= 0.6 is 12.4 Å². The highest BCUT2D eigenvalue weighted by atomic mass is 35.5. The van der Waals surface area contributed by atoms with Crippen LogP contribution < -0.4 is 5.73 Å². The highest BCUT2D eigenvalue weighted by Gasteiger charge is 2.25. The Morgan fingerprint density at radius 1 is 1.21 bits per heavy atom. The molecule has 0 bridgehead atoms. The third-order valence-electron chi connectivity index (χ3n) is 2.94. The molecule has 0 spiro atoms. The van der Waals surface area contributed by atoms with E-state index in [9.17, 15) is 0 Å². The van der Waals surface area contributed by atoms with Crippen LogP contribution in [0.15, 0.2) is 24.3 Å². The SMILES string of the molecule is Cl.N[C@@H](c1ccc(O)cc1)C1CCC1. The van der Waals surface area contributed by atoms with E-state index < -0.39 is 0 Å². The molecular weight excluding hydrogens is 198 g/mol. The molecule has 0 aliphatic heterocycles. The lowest BCUT2D eigenvalue weighted by atomic mass is 9.78. The van der Waals surface area contributed by atoms with Crippen LogP contribution in [0, 0.1) is 5.92 Å². The number of rotatable bonds is 2. The van der Waals surface area contributed by atoms with E-state index in [0.29, 0.717) is 11.7 Å². The molecule has 14 heavy (non-hydrogen) atoms. The summed E-state index contributed by atoms with van der Waals surface area (Å²) in [6.07, 6.45) is 3.82. The van der Waals surface area contributed by atoms with Gasteiger partial charge in [0.25, 0.3) is 0 Å². The van der Waals surface area contributed by atoms with Crippen LogP contribution in [0.3, 0.4) is 0 Å². The number of nitrogens with two attached hydrogens (primary N) is 1. The molecule has 0 amide bonds. The van der Waals surface area contributed by atoms with Crippen LogP contribution in [-0.2, 0) is 0 Å². The van der Waals surface area contributed by atoms with Gasteiger partial charge < -0.3 is 10.8 Å². The molecule has 3 N–H and O–H groups in total. The first kappa shape index (κ1) is 11.3. The Balaban J connectivity index is 0.000000980. The van der Waals surface area contributed by atoms with Crippen LogP contribution in [0.5, 0.6) is 5.75 Å². The van der Waals surface area contributed by atoms with Gasteiger partial charge in [0.05, 0.1) is 0 Å². The van der Waals surface area contributed by atoms with Crippen molar-refractivity contribution in [1.29, 1.82) is 0 Å². The van der Waals surface area contributed by atoms with Gasteiger partial charge >= 0.3 is 0 Å². The maximum atomic E-state index is 9.11. The fourth-order valence-corrected chi connectivity index (χ4v) is 1.77. The van der Waals surface area contributed by atoms with Gasteiger partial charge in [0.2, 0.25) is 0 Å². The average Bonchev–Trinajstić information content (AvgIpc) is 2.02. The predicted molar refractivity (Wildman–Crippen MR) is 59.6 cm³/mol. The molecule has 1 saturated carbocycles. The summed E-state index contributed by atoms with van der Waals surface area (Å²) in [6.45, 7) is 0. The Bertz CT molecular complexity index is 282. The highest BCUT2D eigenvalue weighted by molar-refractivity contribution is 5.85. The van der Waals surface area contributed by atoms with Crippen LogP contribution in [0.4, 0.5) is 0 Å². The molecule has 1 aromatic rings. The molecule has 1 fully saturated rings. The molecule has 0 radical (unpaired) electrons. The number of aromatic hydroxyl groups is 1. The fourth-order valence-electron chi connectivity index (χ4n) is 1.77. The summed E-state index contributed by atoms with van der Waals surface area (Å²) in [7, 11) is 0. The fraction of sp³-hybridized carbons (Fsp3) is 0.455.